The van der Waals surface area contributed by atoms with Gasteiger partial charge in [-0.15, -0.1) is 0 Å². The molecule has 4 heteroatoms. The zero-order chi connectivity index (χ0) is 9.42. The molecule has 1 fully saturated rings. The summed E-state index contributed by atoms with van der Waals surface area (Å²) in [6.45, 7) is 1.47. The summed E-state index contributed by atoms with van der Waals surface area (Å²) in [6.07, 6.45) is 0. The molecule has 1 aliphatic heterocycles. The fourth-order valence-electron chi connectivity index (χ4n) is 1.36. The molecule has 0 amide bonds. The Kier molecular flexibility index (Phi) is 2.22. The Morgan fingerprint density at radius 1 is 1.31 bits per heavy atom. The standard InChI is InChI=1S/C9H8ClF2N/c10-8-7(11)2-1-6(9(8)12)5-3-13-4-5/h1-2,5,13H,3-4H2. The summed E-state index contributed by atoms with van der Waals surface area (Å²) in [5.74, 6) is -1.18. The summed E-state index contributed by atoms with van der Waals surface area (Å²) in [6, 6.07) is 2.67. The first kappa shape index (κ1) is 8.91. The van der Waals surface area contributed by atoms with E-state index >= 15 is 0 Å². The first-order chi connectivity index (χ1) is 6.20. The Balaban J connectivity index is 2.41. The van der Waals surface area contributed by atoms with Crippen LogP contribution in [-0.2, 0) is 0 Å². The maximum atomic E-state index is 13.3. The predicted octanol–water partition coefficient (Wildman–Crippen LogP) is 2.31. The van der Waals surface area contributed by atoms with Crippen LogP contribution in [0.4, 0.5) is 8.78 Å². The molecule has 1 aliphatic rings. The highest BCUT2D eigenvalue weighted by Gasteiger charge is 2.24. The van der Waals surface area contributed by atoms with Gasteiger partial charge in [0.15, 0.2) is 0 Å². The second kappa shape index (κ2) is 3.24. The van der Waals surface area contributed by atoms with E-state index in [0.717, 1.165) is 13.1 Å². The average molecular weight is 204 g/mol. The Hall–Kier alpha value is -0.670. The average Bonchev–Trinajstić information content (AvgIpc) is 2.03. The minimum absolute atomic E-state index is 0.137. The topological polar surface area (TPSA) is 12.0 Å². The zero-order valence-electron chi connectivity index (χ0n) is 6.78. The summed E-state index contributed by atoms with van der Waals surface area (Å²) in [7, 11) is 0. The Morgan fingerprint density at radius 2 is 2.00 bits per heavy atom. The van der Waals surface area contributed by atoms with Crippen LogP contribution in [0.1, 0.15) is 11.5 Å². The van der Waals surface area contributed by atoms with Gasteiger partial charge in [0.25, 0.3) is 0 Å². The van der Waals surface area contributed by atoms with Crippen LogP contribution in [-0.4, -0.2) is 13.1 Å². The van der Waals surface area contributed by atoms with Crippen LogP contribution in [0, 0.1) is 11.6 Å². The lowest BCUT2D eigenvalue weighted by Crippen LogP contribution is -2.40. The van der Waals surface area contributed by atoms with Gasteiger partial charge in [-0.2, -0.15) is 0 Å². The van der Waals surface area contributed by atoms with Gasteiger partial charge < -0.3 is 5.32 Å². The molecule has 0 radical (unpaired) electrons. The van der Waals surface area contributed by atoms with Crippen molar-refractivity contribution in [1.82, 2.24) is 5.32 Å². The molecule has 1 saturated heterocycles. The SMILES string of the molecule is Fc1ccc(C2CNC2)c(F)c1Cl. The molecule has 1 aromatic rings. The molecule has 70 valence electrons. The third-order valence-electron chi connectivity index (χ3n) is 2.29. The zero-order valence-corrected chi connectivity index (χ0v) is 7.54. The van der Waals surface area contributed by atoms with Crippen molar-refractivity contribution in [1.29, 1.82) is 0 Å². The van der Waals surface area contributed by atoms with E-state index in [1.807, 2.05) is 0 Å². The van der Waals surface area contributed by atoms with Crippen LogP contribution >= 0.6 is 11.6 Å². The van der Waals surface area contributed by atoms with Gasteiger partial charge in [0, 0.05) is 19.0 Å². The molecule has 2 rings (SSSR count). The Labute approximate surface area is 79.7 Å². The lowest BCUT2D eigenvalue weighted by molar-refractivity contribution is 0.429. The lowest BCUT2D eigenvalue weighted by atomic mass is 9.93. The number of hydrogen-bond acceptors (Lipinski definition) is 1. The van der Waals surface area contributed by atoms with Crippen LogP contribution in [0.3, 0.4) is 0 Å². The fourth-order valence-corrected chi connectivity index (χ4v) is 1.54. The van der Waals surface area contributed by atoms with Crippen molar-refractivity contribution in [3.63, 3.8) is 0 Å². The minimum Gasteiger partial charge on any atom is -0.315 e. The van der Waals surface area contributed by atoms with Gasteiger partial charge in [-0.05, 0) is 11.6 Å². The van der Waals surface area contributed by atoms with E-state index in [9.17, 15) is 8.78 Å². The third-order valence-corrected chi connectivity index (χ3v) is 2.63. The van der Waals surface area contributed by atoms with E-state index in [0.29, 0.717) is 5.56 Å². The maximum absolute atomic E-state index is 13.3. The lowest BCUT2D eigenvalue weighted by Gasteiger charge is -2.27. The quantitative estimate of drug-likeness (QED) is 0.691. The summed E-state index contributed by atoms with van der Waals surface area (Å²) < 4.78 is 26.1. The monoisotopic (exact) mass is 203 g/mol. The van der Waals surface area contributed by atoms with Gasteiger partial charge in [-0.3, -0.25) is 0 Å². The number of nitrogens with one attached hydrogen (secondary N) is 1. The van der Waals surface area contributed by atoms with Crippen molar-refractivity contribution in [2.24, 2.45) is 0 Å². The Bertz CT molecular complexity index is 337. The highest BCUT2D eigenvalue weighted by atomic mass is 35.5. The first-order valence-electron chi connectivity index (χ1n) is 4.04. The molecular formula is C9H8ClF2N. The van der Waals surface area contributed by atoms with E-state index in [-0.39, 0.29) is 5.92 Å². The smallest absolute Gasteiger partial charge is 0.148 e. The summed E-state index contributed by atoms with van der Waals surface area (Å²) >= 11 is 5.44. The van der Waals surface area contributed by atoms with Crippen molar-refractivity contribution < 1.29 is 8.78 Å². The van der Waals surface area contributed by atoms with Crippen molar-refractivity contribution >= 4 is 11.6 Å². The molecule has 1 nitrogen and oxygen atoms in total. The van der Waals surface area contributed by atoms with Gasteiger partial charge in [-0.1, -0.05) is 17.7 Å². The fraction of sp³-hybridized carbons (Fsp3) is 0.333. The Morgan fingerprint density at radius 3 is 2.54 bits per heavy atom. The molecule has 0 aliphatic carbocycles. The molecule has 0 atom stereocenters. The number of hydrogen-bond donors (Lipinski definition) is 1. The van der Waals surface area contributed by atoms with Crippen molar-refractivity contribution in [3.05, 3.63) is 34.4 Å². The number of benzene rings is 1. The molecule has 0 bridgehead atoms. The van der Waals surface area contributed by atoms with E-state index in [1.54, 1.807) is 0 Å². The second-order valence-electron chi connectivity index (χ2n) is 3.12. The molecule has 0 unspecified atom stereocenters. The molecule has 0 spiro atoms. The van der Waals surface area contributed by atoms with Crippen molar-refractivity contribution in [3.8, 4) is 0 Å². The summed E-state index contributed by atoms with van der Waals surface area (Å²) in [5, 5.41) is 2.62. The van der Waals surface area contributed by atoms with Gasteiger partial charge >= 0.3 is 0 Å². The molecule has 0 saturated carbocycles. The molecular weight excluding hydrogens is 196 g/mol. The van der Waals surface area contributed by atoms with Crippen LogP contribution in [0.25, 0.3) is 0 Å². The number of rotatable bonds is 1. The van der Waals surface area contributed by atoms with Crippen molar-refractivity contribution in [2.45, 2.75) is 5.92 Å². The van der Waals surface area contributed by atoms with E-state index in [2.05, 4.69) is 5.32 Å². The normalized spacial score (nSPS) is 17.2. The number of halogens is 3. The summed E-state index contributed by atoms with van der Waals surface area (Å²) in [5.41, 5.74) is 0.505. The van der Waals surface area contributed by atoms with Crippen molar-refractivity contribution in [2.75, 3.05) is 13.1 Å². The predicted molar refractivity (Wildman–Crippen MR) is 47.0 cm³/mol. The van der Waals surface area contributed by atoms with Gasteiger partial charge in [0.05, 0.1) is 0 Å². The minimum atomic E-state index is -0.699. The van der Waals surface area contributed by atoms with Gasteiger partial charge in [0.2, 0.25) is 0 Å². The van der Waals surface area contributed by atoms with E-state index < -0.39 is 16.7 Å². The van der Waals surface area contributed by atoms with E-state index in [4.69, 9.17) is 11.6 Å². The molecule has 13 heavy (non-hydrogen) atoms. The van der Waals surface area contributed by atoms with Crippen LogP contribution in [0.5, 0.6) is 0 Å². The molecule has 1 heterocycles. The van der Waals surface area contributed by atoms with Crippen LogP contribution in [0.15, 0.2) is 12.1 Å². The molecule has 0 aromatic heterocycles. The molecule has 1 N–H and O–H groups in total. The highest BCUT2D eigenvalue weighted by molar-refractivity contribution is 6.30. The van der Waals surface area contributed by atoms with Gasteiger partial charge in [-0.25, -0.2) is 8.78 Å². The molecule has 1 aromatic carbocycles. The largest absolute Gasteiger partial charge is 0.315 e. The maximum Gasteiger partial charge on any atom is 0.148 e. The van der Waals surface area contributed by atoms with Gasteiger partial charge in [0.1, 0.15) is 16.7 Å². The van der Waals surface area contributed by atoms with Crippen LogP contribution in [0.2, 0.25) is 5.02 Å². The third kappa shape index (κ3) is 1.42. The first-order valence-corrected chi connectivity index (χ1v) is 4.42. The summed E-state index contributed by atoms with van der Waals surface area (Å²) in [4.78, 5) is 0. The van der Waals surface area contributed by atoms with E-state index in [1.165, 1.54) is 12.1 Å². The highest BCUT2D eigenvalue weighted by Crippen LogP contribution is 2.28. The second-order valence-corrected chi connectivity index (χ2v) is 3.50. The van der Waals surface area contributed by atoms with Crippen LogP contribution < -0.4 is 5.32 Å².